The highest BCUT2D eigenvalue weighted by molar-refractivity contribution is 6.74. The van der Waals surface area contributed by atoms with Crippen molar-refractivity contribution in [1.29, 1.82) is 0 Å². The Morgan fingerprint density at radius 2 is 1.65 bits per heavy atom. The molecule has 0 N–H and O–H groups in total. The van der Waals surface area contributed by atoms with Gasteiger partial charge in [-0.05, 0) is 20.8 Å². The Morgan fingerprint density at radius 1 is 1.12 bits per heavy atom. The first-order valence-corrected chi connectivity index (χ1v) is 6.33. The van der Waals surface area contributed by atoms with E-state index in [1.54, 1.807) is 0 Å². The predicted molar refractivity (Wildman–Crippen MR) is 84.6 cm³/mol. The first kappa shape index (κ1) is 18.1. The van der Waals surface area contributed by atoms with Crippen molar-refractivity contribution in [2.75, 3.05) is 0 Å². The van der Waals surface area contributed by atoms with E-state index >= 15 is 0 Å². The molecule has 0 saturated carbocycles. The van der Waals surface area contributed by atoms with Gasteiger partial charge in [-0.25, -0.2) is 0 Å². The monoisotopic (exact) mass is 230 g/mol. The first-order valence-electron chi connectivity index (χ1n) is 6.33. The third-order valence-corrected chi connectivity index (χ3v) is 2.44. The summed E-state index contributed by atoms with van der Waals surface area (Å²) in [6, 6.07) is 0. The van der Waals surface area contributed by atoms with E-state index in [0.29, 0.717) is 6.71 Å². The molecule has 0 aromatic heterocycles. The van der Waals surface area contributed by atoms with Crippen LogP contribution in [0, 0.1) is 0 Å². The summed E-state index contributed by atoms with van der Waals surface area (Å²) in [7, 11) is 0. The van der Waals surface area contributed by atoms with Gasteiger partial charge in [0.2, 0.25) is 6.71 Å². The van der Waals surface area contributed by atoms with Crippen LogP contribution in [0.3, 0.4) is 0 Å². The van der Waals surface area contributed by atoms with Crippen LogP contribution in [-0.2, 0) is 0 Å². The van der Waals surface area contributed by atoms with Crippen LogP contribution in [-0.4, -0.2) is 6.71 Å². The van der Waals surface area contributed by atoms with Crippen molar-refractivity contribution in [3.8, 4) is 0 Å². The van der Waals surface area contributed by atoms with E-state index in [2.05, 4.69) is 46.0 Å². The number of rotatable bonds is 5. The van der Waals surface area contributed by atoms with Crippen molar-refractivity contribution in [2.24, 2.45) is 0 Å². The van der Waals surface area contributed by atoms with Crippen molar-refractivity contribution in [1.82, 2.24) is 0 Å². The van der Waals surface area contributed by atoms with E-state index in [1.807, 2.05) is 39.0 Å². The fourth-order valence-corrected chi connectivity index (χ4v) is 1.63. The fourth-order valence-electron chi connectivity index (χ4n) is 1.63. The minimum atomic E-state index is 0.377. The Bertz CT molecular complexity index is 312. The molecule has 0 aromatic carbocycles. The van der Waals surface area contributed by atoms with E-state index in [9.17, 15) is 0 Å². The largest absolute Gasteiger partial charge is 0.206 e. The molecule has 0 rings (SSSR count). The van der Waals surface area contributed by atoms with Gasteiger partial charge >= 0.3 is 0 Å². The van der Waals surface area contributed by atoms with Crippen LogP contribution in [0.1, 0.15) is 34.6 Å². The van der Waals surface area contributed by atoms with Crippen LogP contribution < -0.4 is 0 Å². The third kappa shape index (κ3) is 6.83. The minimum Gasteiger partial charge on any atom is -0.0996 e. The van der Waals surface area contributed by atoms with Gasteiger partial charge in [0.1, 0.15) is 0 Å². The van der Waals surface area contributed by atoms with Crippen LogP contribution in [0.4, 0.5) is 0 Å². The number of hydrogen-bond acceptors (Lipinski definition) is 0. The Kier molecular flexibility index (Phi) is 12.0. The van der Waals surface area contributed by atoms with Gasteiger partial charge < -0.3 is 0 Å². The second-order valence-corrected chi connectivity index (χ2v) is 3.78. The molecule has 0 unspecified atom stereocenters. The molecule has 0 spiro atoms. The highest BCUT2D eigenvalue weighted by Crippen LogP contribution is 2.17. The lowest BCUT2D eigenvalue weighted by Crippen LogP contribution is -2.14. The Hall–Kier alpha value is -1.24. The molecule has 17 heavy (non-hydrogen) atoms. The smallest absolute Gasteiger partial charge is 0.0996 e. The maximum absolute atomic E-state index is 3.84. The van der Waals surface area contributed by atoms with Gasteiger partial charge in [0.25, 0.3) is 0 Å². The van der Waals surface area contributed by atoms with E-state index in [4.69, 9.17) is 0 Å². The highest BCUT2D eigenvalue weighted by atomic mass is 13.9. The fraction of sp³-hybridized carbons (Fsp3) is 0.375. The summed E-state index contributed by atoms with van der Waals surface area (Å²) in [4.78, 5) is 0. The number of hydrogen-bond donors (Lipinski definition) is 0. The average Bonchev–Trinajstić information content (AvgIpc) is 2.34. The summed E-state index contributed by atoms with van der Waals surface area (Å²) in [5.74, 6) is 0. The normalized spacial score (nSPS) is 10.4. The van der Waals surface area contributed by atoms with Gasteiger partial charge in [0.05, 0.1) is 0 Å². The van der Waals surface area contributed by atoms with Crippen LogP contribution in [0.2, 0.25) is 6.82 Å². The van der Waals surface area contributed by atoms with Gasteiger partial charge in [-0.2, -0.15) is 0 Å². The Balaban J connectivity index is 0. The molecular weight excluding hydrogens is 203 g/mol. The Morgan fingerprint density at radius 3 is 1.94 bits per heavy atom. The second-order valence-electron chi connectivity index (χ2n) is 3.78. The lowest BCUT2D eigenvalue weighted by molar-refractivity contribution is 1.36. The van der Waals surface area contributed by atoms with Crippen molar-refractivity contribution in [3.05, 3.63) is 60.1 Å². The average molecular weight is 230 g/mol. The van der Waals surface area contributed by atoms with Crippen molar-refractivity contribution in [3.63, 3.8) is 0 Å². The van der Waals surface area contributed by atoms with Gasteiger partial charge in [0, 0.05) is 0 Å². The molecule has 0 aliphatic rings. The highest BCUT2D eigenvalue weighted by Gasteiger charge is 2.14. The molecule has 0 nitrogen and oxygen atoms in total. The lowest BCUT2D eigenvalue weighted by Gasteiger charge is -2.13. The summed E-state index contributed by atoms with van der Waals surface area (Å²) in [6.45, 7) is 20.5. The molecule has 0 saturated heterocycles. The van der Waals surface area contributed by atoms with Crippen LogP contribution in [0.5, 0.6) is 0 Å². The number of allylic oxidation sites excluding steroid dienone is 8. The van der Waals surface area contributed by atoms with E-state index in [-0.39, 0.29) is 0 Å². The zero-order valence-corrected chi connectivity index (χ0v) is 12.4. The molecule has 0 amide bonds. The van der Waals surface area contributed by atoms with E-state index < -0.39 is 0 Å². The maximum atomic E-state index is 3.84. The van der Waals surface area contributed by atoms with Gasteiger partial charge in [0.15, 0.2) is 0 Å². The first-order chi connectivity index (χ1) is 8.08. The van der Waals surface area contributed by atoms with Crippen LogP contribution in [0.25, 0.3) is 0 Å². The van der Waals surface area contributed by atoms with Gasteiger partial charge in [-0.3, -0.25) is 0 Å². The second kappa shape index (κ2) is 11.3. The SMILES string of the molecule is C=C/C=C(\C=C)B(C)C(/C=C\C)=C(C)C.CC. The molecule has 0 aliphatic carbocycles. The van der Waals surface area contributed by atoms with Gasteiger partial charge in [-0.1, -0.05) is 80.7 Å². The molecule has 0 radical (unpaired) electrons. The molecule has 0 aliphatic heterocycles. The molecular formula is C16H27B. The summed E-state index contributed by atoms with van der Waals surface area (Å²) < 4.78 is 0. The summed E-state index contributed by atoms with van der Waals surface area (Å²) >= 11 is 0. The molecule has 0 bridgehead atoms. The van der Waals surface area contributed by atoms with Crippen LogP contribution in [0.15, 0.2) is 60.1 Å². The van der Waals surface area contributed by atoms with E-state index in [1.165, 1.54) is 16.5 Å². The van der Waals surface area contributed by atoms with Crippen LogP contribution >= 0.6 is 0 Å². The topological polar surface area (TPSA) is 0 Å². The molecule has 1 heteroatoms. The Labute approximate surface area is 109 Å². The molecule has 0 atom stereocenters. The summed E-state index contributed by atoms with van der Waals surface area (Å²) in [5.41, 5.74) is 3.90. The van der Waals surface area contributed by atoms with Gasteiger partial charge in [-0.15, -0.1) is 0 Å². The molecule has 94 valence electrons. The predicted octanol–water partition coefficient (Wildman–Crippen LogP) is 5.43. The van der Waals surface area contributed by atoms with Crippen molar-refractivity contribution in [2.45, 2.75) is 41.4 Å². The molecule has 0 aromatic rings. The summed E-state index contributed by atoms with van der Waals surface area (Å²) in [5, 5.41) is 0. The van der Waals surface area contributed by atoms with E-state index in [0.717, 1.165) is 0 Å². The minimum absolute atomic E-state index is 0.377. The molecule has 0 fully saturated rings. The third-order valence-electron chi connectivity index (χ3n) is 2.44. The lowest BCUT2D eigenvalue weighted by atomic mass is 9.40. The van der Waals surface area contributed by atoms with Crippen molar-refractivity contribution >= 4 is 6.71 Å². The standard InChI is InChI=1S/C14H21B.C2H6/c1-7-10-13(9-3)15(6)14(11-8-2)12(4)5;1-2/h7-11H,1,3H2,2,4-6H3;1-2H3/b11-8-,13-10+;. The van der Waals surface area contributed by atoms with Crippen molar-refractivity contribution < 1.29 is 0 Å². The zero-order valence-electron chi connectivity index (χ0n) is 12.4. The quantitative estimate of drug-likeness (QED) is 0.436. The maximum Gasteiger partial charge on any atom is 0.206 e. The summed E-state index contributed by atoms with van der Waals surface area (Å²) in [6.07, 6.45) is 9.97. The molecule has 0 heterocycles. The zero-order chi connectivity index (χ0) is 13.8.